The molecule has 31 heavy (non-hydrogen) atoms. The molecule has 0 saturated heterocycles. The lowest BCUT2D eigenvalue weighted by Crippen LogP contribution is -2.22. The highest BCUT2D eigenvalue weighted by Crippen LogP contribution is 2.40. The predicted octanol–water partition coefficient (Wildman–Crippen LogP) is 6.99. The summed E-state index contributed by atoms with van der Waals surface area (Å²) < 4.78 is 6.91. The van der Waals surface area contributed by atoms with Crippen molar-refractivity contribution in [3.8, 4) is 5.75 Å². The smallest absolute Gasteiger partial charge is 0.412 e. The van der Waals surface area contributed by atoms with Crippen LogP contribution in [0, 0.1) is 5.92 Å². The molecule has 3 N–H and O–H groups in total. The summed E-state index contributed by atoms with van der Waals surface area (Å²) in [5, 5.41) is 22.0. The number of hydrogen-bond donors (Lipinski definition) is 3. The molecule has 0 spiro atoms. The Bertz CT molecular complexity index is 950. The van der Waals surface area contributed by atoms with Gasteiger partial charge >= 0.3 is 12.1 Å². The van der Waals surface area contributed by atoms with E-state index in [9.17, 15) is 14.7 Å². The van der Waals surface area contributed by atoms with Gasteiger partial charge in [-0.25, -0.2) is 9.59 Å². The average Bonchev–Trinajstić information content (AvgIpc) is 2.72. The van der Waals surface area contributed by atoms with E-state index in [0.29, 0.717) is 33.0 Å². The molecule has 6 nitrogen and oxygen atoms in total. The second-order valence-corrected chi connectivity index (χ2v) is 9.45. The van der Waals surface area contributed by atoms with Crippen LogP contribution in [-0.2, 0) is 9.53 Å². The molecule has 9 heteroatoms. The minimum absolute atomic E-state index is 0.0155. The number of carboxylic acid groups (broad SMARTS) is 1. The maximum absolute atomic E-state index is 12.6. The van der Waals surface area contributed by atoms with E-state index >= 15 is 0 Å². The fraction of sp³-hybridized carbons (Fsp3) is 0.273. The van der Waals surface area contributed by atoms with Gasteiger partial charge in [0, 0.05) is 26.7 Å². The molecule has 2 rings (SSSR count). The number of phenols is 1. The van der Waals surface area contributed by atoms with E-state index in [-0.39, 0.29) is 11.7 Å². The predicted molar refractivity (Wildman–Crippen MR) is 130 cm³/mol. The molecule has 2 atom stereocenters. The van der Waals surface area contributed by atoms with Gasteiger partial charge < -0.3 is 14.9 Å². The maximum Gasteiger partial charge on any atom is 0.412 e. The first kappa shape index (κ1) is 25.3. The molecule has 0 radical (unpaired) electrons. The van der Waals surface area contributed by atoms with Crippen LogP contribution in [0.2, 0.25) is 0 Å². The Kier molecular flexibility index (Phi) is 9.93. The largest absolute Gasteiger partial charge is 0.506 e. The number of rotatable bonds is 9. The van der Waals surface area contributed by atoms with Gasteiger partial charge in [0.15, 0.2) is 0 Å². The first-order chi connectivity index (χ1) is 14.7. The van der Waals surface area contributed by atoms with Gasteiger partial charge in [0.25, 0.3) is 0 Å². The summed E-state index contributed by atoms with van der Waals surface area (Å²) in [5.74, 6) is -1.23. The number of carbonyl (C=O) groups excluding carboxylic acids is 1. The number of thioether (sulfide) groups is 1. The molecule has 2 aromatic carbocycles. The Hall–Kier alpha value is -1.97. The lowest BCUT2D eigenvalue weighted by molar-refractivity contribution is -0.131. The van der Waals surface area contributed by atoms with Crippen molar-refractivity contribution in [2.75, 3.05) is 11.6 Å². The lowest BCUT2D eigenvalue weighted by Gasteiger charge is -2.26. The number of carbonyl (C=O) groups is 2. The summed E-state index contributed by atoms with van der Waals surface area (Å²) in [7, 11) is 0. The third kappa shape index (κ3) is 7.90. The molecule has 2 aromatic rings. The topological polar surface area (TPSA) is 95.9 Å². The van der Waals surface area contributed by atoms with Crippen LogP contribution >= 0.6 is 43.6 Å². The van der Waals surface area contributed by atoms with E-state index in [2.05, 4.69) is 37.2 Å². The molecule has 0 fully saturated rings. The van der Waals surface area contributed by atoms with Crippen LogP contribution in [0.4, 0.5) is 10.5 Å². The second-order valence-electron chi connectivity index (χ2n) is 6.80. The Morgan fingerprint density at radius 1 is 1.23 bits per heavy atom. The Morgan fingerprint density at radius 3 is 2.52 bits per heavy atom. The van der Waals surface area contributed by atoms with E-state index in [1.165, 1.54) is 0 Å². The molecule has 0 aliphatic rings. The van der Waals surface area contributed by atoms with Gasteiger partial charge in [-0.2, -0.15) is 0 Å². The standard InChI is InChI=1S/C22H23Br2NO5S/c1-13(5-3-4-6-19(26)27)21(17-11-14(23)12-18(24)20(17)28)30-22(29)25-15-7-9-16(31-2)10-8-15/h4,6-13,21,28H,3,5H2,1-2H3,(H,25,29)(H,26,27)/b6-4+/t13-,21-/m0/s1. The van der Waals surface area contributed by atoms with Crippen LogP contribution in [0.15, 0.2) is 62.4 Å². The summed E-state index contributed by atoms with van der Waals surface area (Å²) >= 11 is 8.32. The molecule has 0 bridgehead atoms. The number of aliphatic carboxylic acids is 1. The summed E-state index contributed by atoms with van der Waals surface area (Å²) in [6, 6.07) is 10.8. The first-order valence-corrected chi connectivity index (χ1v) is 12.2. The summed E-state index contributed by atoms with van der Waals surface area (Å²) in [6.45, 7) is 1.88. The quantitative estimate of drug-likeness (QED) is 0.221. The number of nitrogens with one attached hydrogen (secondary N) is 1. The van der Waals surface area contributed by atoms with Crippen molar-refractivity contribution in [2.24, 2.45) is 5.92 Å². The number of amides is 1. The average molecular weight is 573 g/mol. The molecular weight excluding hydrogens is 550 g/mol. The van der Waals surface area contributed by atoms with Gasteiger partial charge in [-0.15, -0.1) is 11.8 Å². The highest BCUT2D eigenvalue weighted by atomic mass is 79.9. The Balaban J connectivity index is 2.22. The molecule has 0 aromatic heterocycles. The van der Waals surface area contributed by atoms with Gasteiger partial charge in [0.2, 0.25) is 0 Å². The third-order valence-electron chi connectivity index (χ3n) is 4.50. The zero-order valence-electron chi connectivity index (χ0n) is 17.0. The maximum atomic E-state index is 12.6. The van der Waals surface area contributed by atoms with Crippen molar-refractivity contribution in [1.29, 1.82) is 0 Å². The molecule has 0 unspecified atom stereocenters. The number of carboxylic acids is 1. The molecule has 0 saturated carbocycles. The SMILES string of the molecule is CSc1ccc(NC(=O)O[C@H](c2cc(Br)cc(Br)c2O)[C@@H](C)CC/C=C/C(=O)O)cc1. The van der Waals surface area contributed by atoms with Gasteiger partial charge in [-0.3, -0.25) is 5.32 Å². The number of allylic oxidation sites excluding steroid dienone is 1. The van der Waals surface area contributed by atoms with Crippen molar-refractivity contribution >= 4 is 61.4 Å². The number of aromatic hydroxyl groups is 1. The van der Waals surface area contributed by atoms with Gasteiger partial charge in [-0.05, 0) is 77.3 Å². The van der Waals surface area contributed by atoms with Crippen molar-refractivity contribution in [3.63, 3.8) is 0 Å². The van der Waals surface area contributed by atoms with Crippen LogP contribution in [0.1, 0.15) is 31.4 Å². The van der Waals surface area contributed by atoms with Gasteiger partial charge in [-0.1, -0.05) is 28.9 Å². The zero-order chi connectivity index (χ0) is 23.0. The minimum atomic E-state index is -1.01. The van der Waals surface area contributed by atoms with Gasteiger partial charge in [0.1, 0.15) is 11.9 Å². The Morgan fingerprint density at radius 2 is 1.90 bits per heavy atom. The van der Waals surface area contributed by atoms with E-state index < -0.39 is 18.2 Å². The fourth-order valence-electron chi connectivity index (χ4n) is 2.92. The van der Waals surface area contributed by atoms with Crippen molar-refractivity contribution in [2.45, 2.75) is 30.8 Å². The van der Waals surface area contributed by atoms with E-state index in [1.807, 2.05) is 25.3 Å². The Labute approximate surface area is 202 Å². The van der Waals surface area contributed by atoms with Crippen LogP contribution in [-0.4, -0.2) is 28.5 Å². The van der Waals surface area contributed by atoms with Crippen molar-refractivity contribution in [3.05, 3.63) is 63.1 Å². The van der Waals surface area contributed by atoms with E-state index in [0.717, 1.165) is 11.0 Å². The first-order valence-electron chi connectivity index (χ1n) is 9.40. The summed E-state index contributed by atoms with van der Waals surface area (Å²) in [6.07, 6.45) is 4.25. The third-order valence-corrected chi connectivity index (χ3v) is 6.31. The number of halogens is 2. The van der Waals surface area contributed by atoms with Gasteiger partial charge in [0.05, 0.1) is 4.47 Å². The van der Waals surface area contributed by atoms with Crippen molar-refractivity contribution in [1.82, 2.24) is 0 Å². The molecule has 0 heterocycles. The number of anilines is 1. The van der Waals surface area contributed by atoms with Crippen LogP contribution in [0.5, 0.6) is 5.75 Å². The highest BCUT2D eigenvalue weighted by molar-refractivity contribution is 9.11. The number of benzene rings is 2. The minimum Gasteiger partial charge on any atom is -0.506 e. The zero-order valence-corrected chi connectivity index (χ0v) is 21.0. The van der Waals surface area contributed by atoms with E-state index in [4.69, 9.17) is 9.84 Å². The van der Waals surface area contributed by atoms with Crippen LogP contribution < -0.4 is 5.32 Å². The fourth-order valence-corrected chi connectivity index (χ4v) is 4.59. The number of phenolic OH excluding ortho intramolecular Hbond substituents is 1. The molecule has 166 valence electrons. The lowest BCUT2D eigenvalue weighted by atomic mass is 9.92. The van der Waals surface area contributed by atoms with Crippen LogP contribution in [0.25, 0.3) is 0 Å². The molecular formula is C22H23Br2NO5S. The second kappa shape index (κ2) is 12.2. The highest BCUT2D eigenvalue weighted by Gasteiger charge is 2.27. The summed E-state index contributed by atoms with van der Waals surface area (Å²) in [5.41, 5.74) is 1.04. The van der Waals surface area contributed by atoms with Crippen LogP contribution in [0.3, 0.4) is 0 Å². The number of ether oxygens (including phenoxy) is 1. The normalized spacial score (nSPS) is 13.0. The molecule has 1 amide bonds. The monoisotopic (exact) mass is 571 g/mol. The molecule has 0 aliphatic heterocycles. The number of hydrogen-bond acceptors (Lipinski definition) is 5. The van der Waals surface area contributed by atoms with Crippen molar-refractivity contribution < 1.29 is 24.5 Å². The summed E-state index contributed by atoms with van der Waals surface area (Å²) in [4.78, 5) is 24.4. The van der Waals surface area contributed by atoms with E-state index in [1.54, 1.807) is 42.1 Å². The molecule has 0 aliphatic carbocycles.